The molecule has 0 aromatic heterocycles. The molecule has 3 fully saturated rings. The van der Waals surface area contributed by atoms with Gasteiger partial charge in [0.2, 0.25) is 5.91 Å². The molecular weight excluding hydrogens is 540 g/mol. The minimum atomic E-state index is -2.78. The van der Waals surface area contributed by atoms with Gasteiger partial charge in [0, 0.05) is 17.8 Å². The number of aliphatic hydroxyl groups is 1. The van der Waals surface area contributed by atoms with Gasteiger partial charge in [0.05, 0.1) is 30.6 Å². The molecular formula is C29H29F2N3O7. The number of primary amides is 1. The number of nitrogens with two attached hydrogens (primary N) is 1. The van der Waals surface area contributed by atoms with E-state index in [1.165, 1.54) is 19.0 Å². The minimum Gasteiger partial charge on any atom is -0.507 e. The summed E-state index contributed by atoms with van der Waals surface area (Å²) in [6.07, 6.45) is 0.141. The van der Waals surface area contributed by atoms with Crippen LogP contribution < -0.4 is 5.73 Å². The summed E-state index contributed by atoms with van der Waals surface area (Å²) in [7, 11) is 3.06. The maximum Gasteiger partial charge on any atom is 0.272 e. The van der Waals surface area contributed by atoms with Gasteiger partial charge in [-0.15, -0.1) is 0 Å². The molecule has 2 aromatic rings. The molecule has 2 aromatic carbocycles. The van der Waals surface area contributed by atoms with Crippen LogP contribution in [0.4, 0.5) is 8.78 Å². The molecule has 4 aliphatic rings. The zero-order valence-corrected chi connectivity index (χ0v) is 22.4. The molecule has 41 heavy (non-hydrogen) atoms. The third-order valence-corrected chi connectivity index (χ3v) is 9.25. The molecule has 4 N–H and O–H groups in total. The second-order valence-electron chi connectivity index (χ2n) is 12.1. The molecule has 1 heterocycles. The van der Waals surface area contributed by atoms with Crippen molar-refractivity contribution in [3.63, 3.8) is 0 Å². The molecule has 216 valence electrons. The quantitative estimate of drug-likeness (QED) is 0.445. The Balaban J connectivity index is 1.40. The largest absolute Gasteiger partial charge is 0.507 e. The molecule has 1 amide bonds. The van der Waals surface area contributed by atoms with Crippen LogP contribution in [0.15, 0.2) is 24.3 Å². The maximum absolute atomic E-state index is 13.9. The first-order valence-corrected chi connectivity index (χ1v) is 13.4. The third kappa shape index (κ3) is 3.87. The Bertz CT molecular complexity index is 1570. The van der Waals surface area contributed by atoms with Crippen molar-refractivity contribution < 1.29 is 43.0 Å². The maximum atomic E-state index is 13.9. The number of rotatable bonds is 4. The molecule has 10 nitrogen and oxygen atoms in total. The molecule has 12 heteroatoms. The fraction of sp³-hybridized carbons (Fsp3) is 0.483. The predicted octanol–water partition coefficient (Wildman–Crippen LogP) is 0.471. The van der Waals surface area contributed by atoms with Crippen LogP contribution in [0.3, 0.4) is 0 Å². The Morgan fingerprint density at radius 2 is 1.80 bits per heavy atom. The topological polar surface area (TPSA) is 158 Å². The smallest absolute Gasteiger partial charge is 0.272 e. The fourth-order valence-corrected chi connectivity index (χ4v) is 7.50. The molecule has 6 rings (SSSR count). The van der Waals surface area contributed by atoms with Gasteiger partial charge in [-0.2, -0.15) is 0 Å². The van der Waals surface area contributed by atoms with E-state index in [9.17, 15) is 43.0 Å². The molecule has 0 bridgehead atoms. The molecule has 1 aliphatic heterocycles. The van der Waals surface area contributed by atoms with Crippen LogP contribution in [0.1, 0.15) is 27.9 Å². The summed E-state index contributed by atoms with van der Waals surface area (Å²) in [6.45, 7) is -0.517. The molecule has 0 spiro atoms. The monoisotopic (exact) mass is 569 g/mol. The van der Waals surface area contributed by atoms with Gasteiger partial charge < -0.3 is 15.9 Å². The molecule has 2 saturated carbocycles. The number of halogens is 2. The summed E-state index contributed by atoms with van der Waals surface area (Å²) in [5.41, 5.74) is 3.59. The van der Waals surface area contributed by atoms with Crippen LogP contribution >= 0.6 is 0 Å². The van der Waals surface area contributed by atoms with Crippen LogP contribution in [-0.2, 0) is 32.1 Å². The minimum absolute atomic E-state index is 0.0257. The number of carbonyl (C=O) groups excluding carboxylic acids is 5. The van der Waals surface area contributed by atoms with E-state index in [1.807, 2.05) is 0 Å². The highest BCUT2D eigenvalue weighted by Gasteiger charge is 2.69. The van der Waals surface area contributed by atoms with E-state index in [1.54, 1.807) is 29.2 Å². The van der Waals surface area contributed by atoms with Gasteiger partial charge in [0.1, 0.15) is 5.75 Å². The number of hydrogen-bond donors (Lipinski definition) is 3. The van der Waals surface area contributed by atoms with Gasteiger partial charge in [-0.25, -0.2) is 8.78 Å². The number of likely N-dealkylation sites (tertiary alicyclic amines) is 1. The lowest BCUT2D eigenvalue weighted by Gasteiger charge is -2.52. The van der Waals surface area contributed by atoms with Gasteiger partial charge in [-0.3, -0.25) is 33.8 Å². The number of ketones is 4. The summed E-state index contributed by atoms with van der Waals surface area (Å²) in [5, 5.41) is 23.8. The van der Waals surface area contributed by atoms with Gasteiger partial charge in [0.25, 0.3) is 5.92 Å². The van der Waals surface area contributed by atoms with Gasteiger partial charge in [-0.1, -0.05) is 18.2 Å². The second kappa shape index (κ2) is 8.94. The Morgan fingerprint density at radius 3 is 2.41 bits per heavy atom. The van der Waals surface area contributed by atoms with Crippen molar-refractivity contribution in [1.82, 2.24) is 9.80 Å². The van der Waals surface area contributed by atoms with Gasteiger partial charge in [0.15, 0.2) is 34.7 Å². The number of fused-ring (bicyclic) bond motifs is 4. The highest BCUT2D eigenvalue weighted by molar-refractivity contribution is 6.32. The van der Waals surface area contributed by atoms with Crippen molar-refractivity contribution in [3.05, 3.63) is 41.0 Å². The average Bonchev–Trinajstić information content (AvgIpc) is 2.85. The molecule has 3 aliphatic carbocycles. The van der Waals surface area contributed by atoms with E-state index in [0.29, 0.717) is 21.9 Å². The number of hydrogen-bond acceptors (Lipinski definition) is 9. The van der Waals surface area contributed by atoms with E-state index in [2.05, 4.69) is 0 Å². The highest BCUT2D eigenvalue weighted by Crippen LogP contribution is 2.51. The zero-order chi connectivity index (χ0) is 29.8. The number of aromatic hydroxyl groups is 1. The van der Waals surface area contributed by atoms with Crippen LogP contribution in [-0.4, -0.2) is 93.8 Å². The lowest BCUT2D eigenvalue weighted by atomic mass is 9.52. The lowest BCUT2D eigenvalue weighted by molar-refractivity contribution is -0.181. The number of Topliss-reactive ketones (excluding diaryl/α,β-unsaturated/α-hetero) is 4. The van der Waals surface area contributed by atoms with Crippen LogP contribution in [0, 0.1) is 23.7 Å². The number of likely N-dealkylation sites (N-methyl/N-ethyl adjacent to an activating group) is 1. The Morgan fingerprint density at radius 1 is 1.12 bits per heavy atom. The van der Waals surface area contributed by atoms with E-state index < -0.39 is 70.3 Å². The van der Waals surface area contributed by atoms with Crippen LogP contribution in [0.5, 0.6) is 5.75 Å². The van der Waals surface area contributed by atoms with Crippen LogP contribution in [0.2, 0.25) is 0 Å². The summed E-state index contributed by atoms with van der Waals surface area (Å²) in [5.74, 6) is -13.7. The Kier molecular flexibility index (Phi) is 6.01. The van der Waals surface area contributed by atoms with Crippen molar-refractivity contribution in [2.45, 2.75) is 37.0 Å². The Labute approximate surface area is 233 Å². The first-order chi connectivity index (χ1) is 19.2. The average molecular weight is 570 g/mol. The standard InChI is InChI=1S/C29H29F2N3O7/c1-33(2)21-17-8-15-7-14-6-13-4-3-12(9-34-10-28(30,31)11-34)5-16(13)22(35)18(14)23(36)19(15)25(38)29(17,41)26(39)20(24(21)37)27(32)40/h3-6,15,17,19-21,35,41H,7-11H2,1-2H3,(H2,32,40)/t15-,17-,19?,20?,21-,29-/m0/s1. The first kappa shape index (κ1) is 27.6. The number of carbonyl (C=O) groups is 5. The van der Waals surface area contributed by atoms with Gasteiger partial charge >= 0.3 is 0 Å². The first-order valence-electron chi connectivity index (χ1n) is 13.4. The van der Waals surface area contributed by atoms with E-state index >= 15 is 0 Å². The number of phenols is 1. The van der Waals surface area contributed by atoms with Crippen molar-refractivity contribution in [2.24, 2.45) is 29.4 Å². The summed E-state index contributed by atoms with van der Waals surface area (Å²) in [6, 6.07) is 5.68. The number of benzene rings is 2. The second-order valence-corrected chi connectivity index (χ2v) is 12.1. The van der Waals surface area contributed by atoms with Crippen LogP contribution in [0.25, 0.3) is 10.8 Å². The fourth-order valence-electron chi connectivity index (χ4n) is 7.50. The normalized spacial score (nSPS) is 32.9. The summed E-state index contributed by atoms with van der Waals surface area (Å²) >= 11 is 0. The highest BCUT2D eigenvalue weighted by atomic mass is 19.3. The van der Waals surface area contributed by atoms with Crippen molar-refractivity contribution in [3.8, 4) is 5.75 Å². The van der Waals surface area contributed by atoms with Crippen molar-refractivity contribution >= 4 is 39.8 Å². The molecule has 0 radical (unpaired) electrons. The van der Waals surface area contributed by atoms with E-state index in [0.717, 1.165) is 0 Å². The zero-order valence-electron chi connectivity index (χ0n) is 22.4. The van der Waals surface area contributed by atoms with Gasteiger partial charge in [-0.05, 0) is 55.4 Å². The number of alkyl halides is 2. The third-order valence-electron chi connectivity index (χ3n) is 9.25. The van der Waals surface area contributed by atoms with Crippen molar-refractivity contribution in [2.75, 3.05) is 27.2 Å². The molecule has 2 unspecified atom stereocenters. The SMILES string of the molecule is CN(C)[C@@H]1C(=O)C(C(N)=O)C(=O)[C@@]2(O)C(=O)C3C(=O)c4c(cc5ccc(CN6CC(F)(F)C6)cc5c4O)C[C@H]3C[C@@H]12. The predicted molar refractivity (Wildman–Crippen MR) is 139 cm³/mol. The summed E-state index contributed by atoms with van der Waals surface area (Å²) < 4.78 is 26.6. The van der Waals surface area contributed by atoms with E-state index in [-0.39, 0.29) is 43.8 Å². The number of phenolic OH excluding ortho intramolecular Hbond substituents is 1. The Hall–Kier alpha value is -3.61. The lowest BCUT2D eigenvalue weighted by Crippen LogP contribution is -2.74. The molecule has 1 saturated heterocycles. The van der Waals surface area contributed by atoms with Crippen molar-refractivity contribution in [1.29, 1.82) is 0 Å². The molecule has 6 atom stereocenters. The number of amides is 1. The van der Waals surface area contributed by atoms with E-state index in [4.69, 9.17) is 5.73 Å². The number of nitrogens with zero attached hydrogens (tertiary/aromatic N) is 2. The summed E-state index contributed by atoms with van der Waals surface area (Å²) in [4.78, 5) is 69.4.